The van der Waals surface area contributed by atoms with Crippen molar-refractivity contribution < 1.29 is 9.84 Å². The van der Waals surface area contributed by atoms with E-state index in [1.807, 2.05) is 32.0 Å². The molecule has 0 radical (unpaired) electrons. The van der Waals surface area contributed by atoms with Crippen LogP contribution in [-0.2, 0) is 10.3 Å². The van der Waals surface area contributed by atoms with Gasteiger partial charge in [-0.1, -0.05) is 37.6 Å². The summed E-state index contributed by atoms with van der Waals surface area (Å²) in [4.78, 5) is 8.33. The van der Waals surface area contributed by atoms with Crippen LogP contribution in [0.5, 0.6) is 0 Å². The van der Waals surface area contributed by atoms with E-state index < -0.39 is 5.60 Å². The number of anilines is 1. The summed E-state index contributed by atoms with van der Waals surface area (Å²) in [7, 11) is 0. The van der Waals surface area contributed by atoms with Crippen molar-refractivity contribution in [2.45, 2.75) is 23.8 Å². The zero-order chi connectivity index (χ0) is 17.2. The number of rotatable bonds is 4. The molecule has 1 aliphatic rings. The van der Waals surface area contributed by atoms with Crippen molar-refractivity contribution in [2.24, 2.45) is 0 Å². The number of para-hydroxylation sites is 1. The molecule has 0 amide bonds. The number of ether oxygens (including phenoxy) is 1. The lowest BCUT2D eigenvalue weighted by Gasteiger charge is -2.34. The van der Waals surface area contributed by atoms with E-state index >= 15 is 0 Å². The molecular weight excluding hydrogens is 366 g/mol. The van der Waals surface area contributed by atoms with Gasteiger partial charge in [0.1, 0.15) is 5.60 Å². The molecule has 3 aromatic rings. The summed E-state index contributed by atoms with van der Waals surface area (Å²) in [5, 5.41) is 11.9. The molecule has 2 aromatic heterocycles. The molecule has 0 unspecified atom stereocenters. The molecule has 0 saturated carbocycles. The fourth-order valence-corrected chi connectivity index (χ4v) is 4.21. The van der Waals surface area contributed by atoms with Crippen LogP contribution in [0.1, 0.15) is 18.7 Å². The van der Waals surface area contributed by atoms with Crippen LogP contribution in [0.3, 0.4) is 0 Å². The highest BCUT2D eigenvalue weighted by Crippen LogP contribution is 2.37. The minimum absolute atomic E-state index is 0.340. The van der Waals surface area contributed by atoms with Crippen LogP contribution in [0.2, 0.25) is 5.02 Å². The maximum atomic E-state index is 10.2. The molecule has 1 fully saturated rings. The van der Waals surface area contributed by atoms with E-state index in [0.717, 1.165) is 25.8 Å². The smallest absolute Gasteiger partial charge is 0.170 e. The van der Waals surface area contributed by atoms with Crippen LogP contribution in [0.4, 0.5) is 5.69 Å². The van der Waals surface area contributed by atoms with E-state index in [-0.39, 0.29) is 0 Å². The lowest BCUT2D eigenvalue weighted by atomic mass is 10.0. The topological polar surface area (TPSA) is 70.2 Å². The second-order valence-corrected chi connectivity index (χ2v) is 7.57. The molecule has 3 N–H and O–H groups in total. The monoisotopic (exact) mass is 383 g/mol. The van der Waals surface area contributed by atoms with Gasteiger partial charge in [0.2, 0.25) is 0 Å². The highest BCUT2D eigenvalue weighted by atomic mass is 35.5. The van der Waals surface area contributed by atoms with Gasteiger partial charge in [-0.15, -0.1) is 11.3 Å². The third-order valence-electron chi connectivity index (χ3n) is 3.54. The number of benzene rings is 1. The van der Waals surface area contributed by atoms with Gasteiger partial charge in [0, 0.05) is 29.7 Å². The van der Waals surface area contributed by atoms with Crippen molar-refractivity contribution in [3.8, 4) is 0 Å². The molecule has 0 bridgehead atoms. The Morgan fingerprint density at radius 3 is 2.92 bits per heavy atom. The van der Waals surface area contributed by atoms with Crippen LogP contribution in [-0.4, -0.2) is 28.3 Å². The summed E-state index contributed by atoms with van der Waals surface area (Å²) < 4.78 is 9.19. The van der Waals surface area contributed by atoms with Crippen LogP contribution in [0.15, 0.2) is 34.9 Å². The predicted molar refractivity (Wildman–Crippen MR) is 101 cm³/mol. The first-order valence-corrected chi connectivity index (χ1v) is 9.62. The molecule has 1 saturated heterocycles. The van der Waals surface area contributed by atoms with Gasteiger partial charge in [0.15, 0.2) is 4.34 Å². The third kappa shape index (κ3) is 3.27. The number of nitrogens with one attached hydrogen (secondary N) is 2. The van der Waals surface area contributed by atoms with Crippen LogP contribution in [0, 0.1) is 0 Å². The summed E-state index contributed by atoms with van der Waals surface area (Å²) in [6, 6.07) is 5.90. The number of aliphatic hydroxyl groups is 1. The minimum Gasteiger partial charge on any atom is -0.379 e. The van der Waals surface area contributed by atoms with Crippen LogP contribution in [0.25, 0.3) is 10.9 Å². The number of nitrogens with zero attached hydrogens (tertiary/aromatic N) is 1. The number of thiazole rings is 1. The van der Waals surface area contributed by atoms with E-state index in [2.05, 4.69) is 14.7 Å². The average Bonchev–Trinajstić information content (AvgIpc) is 3.21. The van der Waals surface area contributed by atoms with E-state index in [1.54, 1.807) is 12.4 Å². The SMILES string of the molecule is CC.OC1(c2cnc(SNc3cccc4c(Cl)c[nH]c34)s2)COC1. The second-order valence-electron chi connectivity index (χ2n) is 5.08. The zero-order valence-corrected chi connectivity index (χ0v) is 15.7. The number of aromatic nitrogens is 2. The Hall–Kier alpha value is -1.25. The largest absolute Gasteiger partial charge is 0.379 e. The maximum Gasteiger partial charge on any atom is 0.170 e. The van der Waals surface area contributed by atoms with Gasteiger partial charge in [-0.2, -0.15) is 0 Å². The molecule has 0 aliphatic carbocycles. The van der Waals surface area contributed by atoms with Gasteiger partial charge < -0.3 is 19.5 Å². The van der Waals surface area contributed by atoms with Crippen molar-refractivity contribution in [3.63, 3.8) is 0 Å². The molecule has 0 atom stereocenters. The van der Waals surface area contributed by atoms with Crippen molar-refractivity contribution >= 4 is 51.5 Å². The van der Waals surface area contributed by atoms with E-state index in [4.69, 9.17) is 16.3 Å². The summed E-state index contributed by atoms with van der Waals surface area (Å²) in [5.41, 5.74) is 1.04. The van der Waals surface area contributed by atoms with Gasteiger partial charge in [0.25, 0.3) is 0 Å². The van der Waals surface area contributed by atoms with Crippen LogP contribution >= 0.6 is 34.9 Å². The Morgan fingerprint density at radius 1 is 1.42 bits per heavy atom. The first-order valence-electron chi connectivity index (χ1n) is 7.61. The molecule has 24 heavy (non-hydrogen) atoms. The van der Waals surface area contributed by atoms with E-state index in [0.29, 0.717) is 18.2 Å². The molecule has 1 aliphatic heterocycles. The molecule has 8 heteroatoms. The number of hydrogen-bond acceptors (Lipinski definition) is 6. The first kappa shape index (κ1) is 17.6. The summed E-state index contributed by atoms with van der Waals surface area (Å²) in [6.07, 6.45) is 3.49. The Kier molecular flexibility index (Phi) is 5.36. The van der Waals surface area contributed by atoms with Crippen molar-refractivity contribution in [2.75, 3.05) is 17.9 Å². The first-order chi connectivity index (χ1) is 11.7. The minimum atomic E-state index is -0.858. The molecule has 4 rings (SSSR count). The Labute approximate surface area is 153 Å². The van der Waals surface area contributed by atoms with Crippen molar-refractivity contribution in [3.05, 3.63) is 40.5 Å². The van der Waals surface area contributed by atoms with Crippen molar-refractivity contribution in [1.29, 1.82) is 0 Å². The molecule has 3 heterocycles. The highest BCUT2D eigenvalue weighted by Gasteiger charge is 2.39. The van der Waals surface area contributed by atoms with Gasteiger partial charge in [-0.3, -0.25) is 0 Å². The van der Waals surface area contributed by atoms with Gasteiger partial charge >= 0.3 is 0 Å². The lowest BCUT2D eigenvalue weighted by Crippen LogP contribution is -2.45. The number of aromatic amines is 1. The normalized spacial score (nSPS) is 15.5. The fraction of sp³-hybridized carbons (Fsp3) is 0.312. The number of H-pyrrole nitrogens is 1. The summed E-state index contributed by atoms with van der Waals surface area (Å²) in [6.45, 7) is 4.68. The quantitative estimate of drug-likeness (QED) is 0.572. The summed E-state index contributed by atoms with van der Waals surface area (Å²) >= 11 is 9.00. The van der Waals surface area contributed by atoms with Gasteiger partial charge in [0.05, 0.1) is 34.3 Å². The zero-order valence-electron chi connectivity index (χ0n) is 13.3. The van der Waals surface area contributed by atoms with E-state index in [9.17, 15) is 5.11 Å². The Balaban J connectivity index is 0.000000815. The highest BCUT2D eigenvalue weighted by molar-refractivity contribution is 8.02. The van der Waals surface area contributed by atoms with Gasteiger partial charge in [-0.05, 0) is 6.07 Å². The summed E-state index contributed by atoms with van der Waals surface area (Å²) in [5.74, 6) is 0. The van der Waals surface area contributed by atoms with Gasteiger partial charge in [-0.25, -0.2) is 4.98 Å². The number of halogens is 1. The van der Waals surface area contributed by atoms with E-state index in [1.165, 1.54) is 23.3 Å². The third-order valence-corrected chi connectivity index (χ3v) is 5.94. The molecular formula is C16H18ClN3O2S2. The lowest BCUT2D eigenvalue weighted by molar-refractivity contribution is -0.182. The van der Waals surface area contributed by atoms with Crippen molar-refractivity contribution in [1.82, 2.24) is 9.97 Å². The van der Waals surface area contributed by atoms with Crippen LogP contribution < -0.4 is 4.72 Å². The fourth-order valence-electron chi connectivity index (χ4n) is 2.26. The second kappa shape index (κ2) is 7.33. The Morgan fingerprint density at radius 2 is 2.21 bits per heavy atom. The molecule has 5 nitrogen and oxygen atoms in total. The molecule has 128 valence electrons. The maximum absolute atomic E-state index is 10.2. The standard InChI is InChI=1S/C14H12ClN3O2S2.C2H6/c15-9-4-16-12-8(9)2-1-3-10(12)18-22-13-17-5-11(21-13)14(19)6-20-7-14;1-2/h1-5,16,18-19H,6-7H2;1-2H3. The molecule has 1 aromatic carbocycles. The number of hydrogen-bond donors (Lipinski definition) is 3. The predicted octanol–water partition coefficient (Wildman–Crippen LogP) is 4.64. The average molecular weight is 384 g/mol. The molecule has 0 spiro atoms. The number of fused-ring (bicyclic) bond motifs is 1. The Bertz CT molecular complexity index is 830.